The quantitative estimate of drug-likeness (QED) is 0.804. The fourth-order valence-corrected chi connectivity index (χ4v) is 1.22. The molecule has 1 rings (SSSR count). The third-order valence-corrected chi connectivity index (χ3v) is 2.33. The molecule has 0 aliphatic carbocycles. The topological polar surface area (TPSA) is 92.7 Å². The molecule has 0 atom stereocenters. The molecule has 0 saturated carbocycles. The van der Waals surface area contributed by atoms with Crippen molar-refractivity contribution in [3.63, 3.8) is 0 Å². The van der Waals surface area contributed by atoms with Gasteiger partial charge in [-0.05, 0) is 41.5 Å². The summed E-state index contributed by atoms with van der Waals surface area (Å²) >= 11 is 0. The van der Waals surface area contributed by atoms with Gasteiger partial charge < -0.3 is 13.9 Å². The molecule has 0 spiro atoms. The van der Waals surface area contributed by atoms with Crippen LogP contribution in [0.4, 0.5) is 0 Å². The van der Waals surface area contributed by atoms with Gasteiger partial charge in [-0.15, -0.1) is 0 Å². The molecule has 1 aromatic rings. The van der Waals surface area contributed by atoms with Crippen molar-refractivity contribution in [1.82, 2.24) is 9.13 Å². The van der Waals surface area contributed by atoms with Crippen molar-refractivity contribution in [1.29, 1.82) is 0 Å². The average Bonchev–Trinajstić information content (AvgIpc) is 2.24. The van der Waals surface area contributed by atoms with Gasteiger partial charge in [0.15, 0.2) is 0 Å². The van der Waals surface area contributed by atoms with Crippen LogP contribution in [0.3, 0.4) is 0 Å². The maximum Gasteiger partial charge on any atom is 0.428 e. The van der Waals surface area contributed by atoms with Crippen LogP contribution >= 0.6 is 0 Å². The molecule has 0 fully saturated rings. The first-order valence-electron chi connectivity index (χ1n) is 6.53. The van der Waals surface area contributed by atoms with Gasteiger partial charge in [-0.25, -0.2) is 23.5 Å². The van der Waals surface area contributed by atoms with E-state index < -0.39 is 28.4 Å². The van der Waals surface area contributed by atoms with Crippen LogP contribution < -0.4 is 17.2 Å². The molecule has 21 heavy (non-hydrogen) atoms. The Morgan fingerprint density at radius 2 is 1.14 bits per heavy atom. The second kappa shape index (κ2) is 5.98. The van der Waals surface area contributed by atoms with Crippen molar-refractivity contribution in [3.8, 4) is 0 Å². The molecule has 0 N–H and O–H groups in total. The molecular weight excluding hydrogens is 280 g/mol. The zero-order chi connectivity index (χ0) is 16.4. The Balaban J connectivity index is 3.14. The minimum absolute atomic E-state index is 0.305. The Morgan fingerprint density at radius 3 is 1.43 bits per heavy atom. The maximum atomic E-state index is 12.2. The van der Waals surface area contributed by atoms with E-state index in [0.717, 1.165) is 0 Å². The third kappa shape index (κ3) is 5.31. The lowest BCUT2D eigenvalue weighted by atomic mass is 10.2. The minimum Gasteiger partial charge on any atom is -0.358 e. The maximum absolute atomic E-state index is 12.2. The summed E-state index contributed by atoms with van der Waals surface area (Å²) in [5.41, 5.74) is -1.92. The third-order valence-electron chi connectivity index (χ3n) is 2.33. The highest BCUT2D eigenvalue weighted by Crippen LogP contribution is 2.07. The van der Waals surface area contributed by atoms with Crippen molar-refractivity contribution in [2.45, 2.75) is 66.2 Å². The molecule has 0 radical (unpaired) electrons. The van der Waals surface area contributed by atoms with Gasteiger partial charge in [0.2, 0.25) is 0 Å². The molecule has 0 aromatic carbocycles. The van der Waals surface area contributed by atoms with E-state index in [1.807, 2.05) is 0 Å². The predicted octanol–water partition coefficient (Wildman–Crippen LogP) is 0.508. The Labute approximate surface area is 121 Å². The van der Waals surface area contributed by atoms with Crippen molar-refractivity contribution >= 4 is 0 Å². The van der Waals surface area contributed by atoms with Gasteiger partial charge in [0.05, 0.1) is 11.2 Å². The zero-order valence-corrected chi connectivity index (χ0v) is 13.3. The Hall–Kier alpha value is -1.67. The van der Waals surface area contributed by atoms with Crippen molar-refractivity contribution < 1.29 is 13.9 Å². The monoisotopic (exact) mass is 302 g/mol. The second-order valence-corrected chi connectivity index (χ2v) is 6.54. The number of hydrogen-bond donors (Lipinski definition) is 0. The Kier molecular flexibility index (Phi) is 4.95. The van der Waals surface area contributed by atoms with E-state index in [4.69, 9.17) is 9.47 Å². The van der Waals surface area contributed by atoms with Crippen LogP contribution in [-0.4, -0.2) is 20.3 Å². The van der Waals surface area contributed by atoms with Gasteiger partial charge in [-0.1, -0.05) is 0 Å². The first kappa shape index (κ1) is 17.4. The van der Waals surface area contributed by atoms with E-state index in [2.05, 4.69) is 4.42 Å². The van der Waals surface area contributed by atoms with Gasteiger partial charge in [0.25, 0.3) is 0 Å². The Bertz CT molecular complexity index is 600. The van der Waals surface area contributed by atoms with Crippen LogP contribution in [0.15, 0.2) is 18.8 Å². The smallest absolute Gasteiger partial charge is 0.358 e. The average molecular weight is 302 g/mol. The lowest BCUT2D eigenvalue weighted by molar-refractivity contribution is -0.0623. The van der Waals surface area contributed by atoms with Crippen LogP contribution in [-0.2, 0) is 22.9 Å². The van der Waals surface area contributed by atoms with Crippen molar-refractivity contribution in [2.75, 3.05) is 0 Å². The van der Waals surface area contributed by atoms with E-state index in [-0.39, 0.29) is 13.5 Å². The van der Waals surface area contributed by atoms with E-state index in [9.17, 15) is 14.4 Å². The van der Waals surface area contributed by atoms with Crippen molar-refractivity contribution in [3.05, 3.63) is 31.6 Å². The Morgan fingerprint density at radius 1 is 0.810 bits per heavy atom. The van der Waals surface area contributed by atoms with Crippen LogP contribution in [0.25, 0.3) is 0 Å². The predicted molar refractivity (Wildman–Crippen MR) is 75.2 cm³/mol. The summed E-state index contributed by atoms with van der Waals surface area (Å²) in [5.74, 6) is -2.11. The van der Waals surface area contributed by atoms with Gasteiger partial charge in [-0.2, -0.15) is 0 Å². The molecule has 0 aliphatic rings. The van der Waals surface area contributed by atoms with Crippen LogP contribution in [0, 0.1) is 0 Å². The van der Waals surface area contributed by atoms with Gasteiger partial charge >= 0.3 is 17.2 Å². The van der Waals surface area contributed by atoms with Crippen LogP contribution in [0.5, 0.6) is 0 Å². The molecular formula is C13H22N2O6. The highest BCUT2D eigenvalue weighted by molar-refractivity contribution is 4.69. The summed E-state index contributed by atoms with van der Waals surface area (Å²) in [6, 6.07) is 0. The molecule has 0 unspecified atom stereocenters. The largest absolute Gasteiger partial charge is 0.428 e. The first-order chi connectivity index (χ1) is 9.41. The summed E-state index contributed by atoms with van der Waals surface area (Å²) in [6.45, 7) is 10.0. The van der Waals surface area contributed by atoms with E-state index in [1.54, 1.807) is 41.5 Å². The SMILES string of the molecule is CC(C)(C)OCn1c(=O)oc(=O)n(COC(C)(C)C)c1=O. The van der Waals surface area contributed by atoms with E-state index in [1.165, 1.54) is 0 Å². The summed E-state index contributed by atoms with van der Waals surface area (Å²) < 4.78 is 16.6. The summed E-state index contributed by atoms with van der Waals surface area (Å²) in [4.78, 5) is 35.3. The highest BCUT2D eigenvalue weighted by Gasteiger charge is 2.18. The number of hydrogen-bond acceptors (Lipinski definition) is 6. The molecule has 0 bridgehead atoms. The number of rotatable bonds is 4. The summed E-state index contributed by atoms with van der Waals surface area (Å²) in [6.07, 6.45) is 0. The molecule has 0 saturated heterocycles. The molecule has 8 heteroatoms. The summed E-state index contributed by atoms with van der Waals surface area (Å²) in [5, 5.41) is 0. The summed E-state index contributed by atoms with van der Waals surface area (Å²) in [7, 11) is 0. The minimum atomic E-state index is -1.05. The lowest BCUT2D eigenvalue weighted by Crippen LogP contribution is -2.48. The zero-order valence-electron chi connectivity index (χ0n) is 13.3. The van der Waals surface area contributed by atoms with Gasteiger partial charge in [0.1, 0.15) is 13.5 Å². The molecule has 8 nitrogen and oxygen atoms in total. The lowest BCUT2D eigenvalue weighted by Gasteiger charge is -2.21. The molecule has 1 aromatic heterocycles. The van der Waals surface area contributed by atoms with Gasteiger partial charge in [0, 0.05) is 0 Å². The van der Waals surface area contributed by atoms with Crippen molar-refractivity contribution in [2.24, 2.45) is 0 Å². The van der Waals surface area contributed by atoms with E-state index >= 15 is 0 Å². The fraction of sp³-hybridized carbons (Fsp3) is 0.769. The van der Waals surface area contributed by atoms with Gasteiger partial charge in [-0.3, -0.25) is 0 Å². The normalized spacial score (nSPS) is 12.7. The number of aromatic nitrogens is 2. The van der Waals surface area contributed by atoms with Crippen LogP contribution in [0.2, 0.25) is 0 Å². The number of nitrogens with zero attached hydrogens (tertiary/aromatic N) is 2. The van der Waals surface area contributed by atoms with Crippen LogP contribution in [0.1, 0.15) is 41.5 Å². The number of ether oxygens (including phenoxy) is 2. The van der Waals surface area contributed by atoms with E-state index in [0.29, 0.717) is 9.13 Å². The first-order valence-corrected chi connectivity index (χ1v) is 6.53. The highest BCUT2D eigenvalue weighted by atomic mass is 16.5. The molecule has 0 aliphatic heterocycles. The standard InChI is InChI=1S/C13H22N2O6/c1-12(2,3)19-7-14-9(16)15(8-20-13(4,5)6)11(18)21-10(14)17/h7-8H2,1-6H3. The molecule has 120 valence electrons. The molecule has 0 amide bonds. The fourth-order valence-electron chi connectivity index (χ4n) is 1.22. The second-order valence-electron chi connectivity index (χ2n) is 6.54. The molecule has 1 heterocycles.